The minimum absolute atomic E-state index is 0.0526. The van der Waals surface area contributed by atoms with Crippen molar-refractivity contribution >= 4 is 17.4 Å². The van der Waals surface area contributed by atoms with Crippen molar-refractivity contribution < 1.29 is 34.4 Å². The van der Waals surface area contributed by atoms with E-state index in [9.17, 15) is 24.9 Å². The highest BCUT2D eigenvalue weighted by molar-refractivity contribution is 6.46. The third kappa shape index (κ3) is 3.62. The molecule has 8 nitrogen and oxygen atoms in total. The van der Waals surface area contributed by atoms with Crippen molar-refractivity contribution in [3.05, 3.63) is 59.2 Å². The van der Waals surface area contributed by atoms with Crippen molar-refractivity contribution in [3.63, 3.8) is 0 Å². The van der Waals surface area contributed by atoms with Crippen molar-refractivity contribution in [3.8, 4) is 17.2 Å². The average Bonchev–Trinajstić information content (AvgIpc) is 2.98. The van der Waals surface area contributed by atoms with Crippen LogP contribution < -0.4 is 9.47 Å². The van der Waals surface area contributed by atoms with Crippen LogP contribution in [0, 0.1) is 0 Å². The molecule has 1 fully saturated rings. The van der Waals surface area contributed by atoms with Crippen LogP contribution in [0.3, 0.4) is 0 Å². The summed E-state index contributed by atoms with van der Waals surface area (Å²) in [6.07, 6.45) is 0. The van der Waals surface area contributed by atoms with Crippen LogP contribution in [-0.2, 0) is 9.59 Å². The number of carbonyl (C=O) groups excluding carboxylic acids is 2. The molecule has 0 unspecified atom stereocenters. The molecule has 8 heteroatoms. The number of aliphatic hydroxyl groups excluding tert-OH is 2. The molecular formula is C21H21NO7. The minimum Gasteiger partial charge on any atom is -0.508 e. The highest BCUT2D eigenvalue weighted by Crippen LogP contribution is 2.41. The third-order valence-corrected chi connectivity index (χ3v) is 4.72. The maximum absolute atomic E-state index is 12.7. The summed E-state index contributed by atoms with van der Waals surface area (Å²) in [4.78, 5) is 26.5. The number of likely N-dealkylation sites (tertiary alicyclic amines) is 1. The van der Waals surface area contributed by atoms with Crippen molar-refractivity contribution in [1.82, 2.24) is 4.90 Å². The van der Waals surface area contributed by atoms with E-state index in [1.807, 2.05) is 0 Å². The van der Waals surface area contributed by atoms with Gasteiger partial charge in [-0.3, -0.25) is 9.59 Å². The maximum atomic E-state index is 12.7. The third-order valence-electron chi connectivity index (χ3n) is 4.72. The van der Waals surface area contributed by atoms with E-state index in [1.54, 1.807) is 18.2 Å². The van der Waals surface area contributed by atoms with Crippen LogP contribution in [0.25, 0.3) is 5.76 Å². The zero-order valence-electron chi connectivity index (χ0n) is 16.0. The number of hydrogen-bond donors (Lipinski definition) is 3. The molecule has 3 N–H and O–H groups in total. The molecule has 152 valence electrons. The molecule has 0 aliphatic carbocycles. The Morgan fingerprint density at radius 3 is 2.41 bits per heavy atom. The van der Waals surface area contributed by atoms with E-state index < -0.39 is 23.5 Å². The number of phenols is 1. The Morgan fingerprint density at radius 1 is 1.07 bits per heavy atom. The molecular weight excluding hydrogens is 378 g/mol. The summed E-state index contributed by atoms with van der Waals surface area (Å²) in [6, 6.07) is 9.70. The summed E-state index contributed by atoms with van der Waals surface area (Å²) >= 11 is 0. The number of rotatable bonds is 6. The zero-order chi connectivity index (χ0) is 21.1. The number of methoxy groups -OCH3 is 2. The van der Waals surface area contributed by atoms with Crippen LogP contribution in [0.5, 0.6) is 17.2 Å². The van der Waals surface area contributed by atoms with Crippen molar-refractivity contribution in [2.45, 2.75) is 6.04 Å². The second-order valence-corrected chi connectivity index (χ2v) is 6.38. The number of β-amino-alcohol motifs (C(OH)–C–C–N with tert-alkyl or cyclic N) is 1. The van der Waals surface area contributed by atoms with Gasteiger partial charge in [-0.15, -0.1) is 0 Å². The molecule has 1 saturated heterocycles. The quantitative estimate of drug-likeness (QED) is 0.385. The molecule has 0 spiro atoms. The number of ketones is 1. The Hall–Kier alpha value is -3.52. The number of aliphatic hydroxyl groups is 2. The zero-order valence-corrected chi connectivity index (χ0v) is 16.0. The lowest BCUT2D eigenvalue weighted by Gasteiger charge is -2.24. The number of ether oxygens (including phenoxy) is 2. The Bertz CT molecular complexity index is 983. The van der Waals surface area contributed by atoms with Gasteiger partial charge < -0.3 is 29.7 Å². The molecule has 1 amide bonds. The van der Waals surface area contributed by atoms with E-state index in [0.717, 1.165) is 0 Å². The van der Waals surface area contributed by atoms with Gasteiger partial charge in [-0.25, -0.2) is 0 Å². The SMILES string of the molecule is COc1ccc(C(O)=C2C(=O)C(=O)N(CCO)[C@@H]2c2cccc(O)c2)cc1OC. The van der Waals surface area contributed by atoms with Gasteiger partial charge in [0.2, 0.25) is 0 Å². The van der Waals surface area contributed by atoms with E-state index in [2.05, 4.69) is 0 Å². The van der Waals surface area contributed by atoms with Gasteiger partial charge in [0, 0.05) is 12.1 Å². The summed E-state index contributed by atoms with van der Waals surface area (Å²) in [5.41, 5.74) is 0.552. The molecule has 2 aromatic carbocycles. The second kappa shape index (κ2) is 8.24. The molecule has 1 atom stereocenters. The minimum atomic E-state index is -0.956. The lowest BCUT2D eigenvalue weighted by molar-refractivity contribution is -0.140. The van der Waals surface area contributed by atoms with Crippen molar-refractivity contribution in [2.75, 3.05) is 27.4 Å². The van der Waals surface area contributed by atoms with E-state index >= 15 is 0 Å². The lowest BCUT2D eigenvalue weighted by Crippen LogP contribution is -2.32. The number of hydrogen-bond acceptors (Lipinski definition) is 7. The Balaban J connectivity index is 2.20. The second-order valence-electron chi connectivity index (χ2n) is 6.38. The van der Waals surface area contributed by atoms with Gasteiger partial charge in [-0.05, 0) is 35.9 Å². The molecule has 1 aliphatic rings. The Kier molecular flexibility index (Phi) is 5.74. The molecule has 0 bridgehead atoms. The normalized spacial score (nSPS) is 18.2. The smallest absolute Gasteiger partial charge is 0.295 e. The number of benzene rings is 2. The van der Waals surface area contributed by atoms with Crippen LogP contribution in [0.4, 0.5) is 0 Å². The van der Waals surface area contributed by atoms with Gasteiger partial charge in [-0.1, -0.05) is 12.1 Å². The van der Waals surface area contributed by atoms with E-state index in [4.69, 9.17) is 9.47 Å². The van der Waals surface area contributed by atoms with Crippen LogP contribution in [0.15, 0.2) is 48.0 Å². The summed E-state index contributed by atoms with van der Waals surface area (Å²) in [5.74, 6) is -1.38. The first kappa shape index (κ1) is 20.2. The number of aromatic hydroxyl groups is 1. The first-order valence-corrected chi connectivity index (χ1v) is 8.83. The van der Waals surface area contributed by atoms with Crippen LogP contribution in [0.1, 0.15) is 17.2 Å². The standard InChI is InChI=1S/C21H21NO7/c1-28-15-7-6-13(11-16(15)29-2)19(25)17-18(12-4-3-5-14(24)10-12)22(8-9-23)21(27)20(17)26/h3-7,10-11,18,23-25H,8-9H2,1-2H3/t18-/m1/s1. The highest BCUT2D eigenvalue weighted by Gasteiger charge is 2.45. The molecule has 0 saturated carbocycles. The summed E-state index contributed by atoms with van der Waals surface area (Å²) < 4.78 is 10.4. The van der Waals surface area contributed by atoms with Gasteiger partial charge in [0.25, 0.3) is 11.7 Å². The maximum Gasteiger partial charge on any atom is 0.295 e. The molecule has 29 heavy (non-hydrogen) atoms. The highest BCUT2D eigenvalue weighted by atomic mass is 16.5. The van der Waals surface area contributed by atoms with E-state index in [-0.39, 0.29) is 30.0 Å². The van der Waals surface area contributed by atoms with Crippen LogP contribution in [-0.4, -0.2) is 59.3 Å². The number of carbonyl (C=O) groups is 2. The molecule has 0 aromatic heterocycles. The first-order chi connectivity index (χ1) is 13.9. The summed E-state index contributed by atoms with van der Waals surface area (Å²) in [6.45, 7) is -0.466. The Labute approximate surface area is 167 Å². The predicted octanol–water partition coefficient (Wildman–Crippen LogP) is 1.82. The fraction of sp³-hybridized carbons (Fsp3) is 0.238. The van der Waals surface area contributed by atoms with Gasteiger partial charge >= 0.3 is 0 Å². The van der Waals surface area contributed by atoms with Crippen LogP contribution in [0.2, 0.25) is 0 Å². The number of phenolic OH excluding ortho intramolecular Hbond substituents is 1. The average molecular weight is 399 g/mol. The summed E-state index contributed by atoms with van der Waals surface area (Å²) in [5, 5.41) is 30.1. The monoisotopic (exact) mass is 399 g/mol. The van der Waals surface area contributed by atoms with E-state index in [1.165, 1.54) is 43.4 Å². The number of amides is 1. The topological polar surface area (TPSA) is 117 Å². The first-order valence-electron chi connectivity index (χ1n) is 8.83. The van der Waals surface area contributed by atoms with Gasteiger partial charge in [0.05, 0.1) is 32.4 Å². The molecule has 1 aliphatic heterocycles. The number of nitrogens with zero attached hydrogens (tertiary/aromatic N) is 1. The van der Waals surface area contributed by atoms with E-state index in [0.29, 0.717) is 17.1 Å². The Morgan fingerprint density at radius 2 is 1.79 bits per heavy atom. The molecule has 1 heterocycles. The predicted molar refractivity (Wildman–Crippen MR) is 104 cm³/mol. The molecule has 0 radical (unpaired) electrons. The summed E-state index contributed by atoms with van der Waals surface area (Å²) in [7, 11) is 2.91. The van der Waals surface area contributed by atoms with Crippen molar-refractivity contribution in [1.29, 1.82) is 0 Å². The van der Waals surface area contributed by atoms with Gasteiger partial charge in [0.15, 0.2) is 11.5 Å². The molecule has 3 rings (SSSR count). The van der Waals surface area contributed by atoms with Gasteiger partial charge in [0.1, 0.15) is 11.5 Å². The lowest BCUT2D eigenvalue weighted by atomic mass is 9.95. The van der Waals surface area contributed by atoms with Crippen LogP contribution >= 0.6 is 0 Å². The van der Waals surface area contributed by atoms with Gasteiger partial charge in [-0.2, -0.15) is 0 Å². The number of Topliss-reactive ketones (excluding diaryl/α,β-unsaturated/α-hetero) is 1. The molecule has 2 aromatic rings. The fourth-order valence-corrected chi connectivity index (χ4v) is 3.40. The van der Waals surface area contributed by atoms with Crippen molar-refractivity contribution in [2.24, 2.45) is 0 Å². The largest absolute Gasteiger partial charge is 0.508 e. The fourth-order valence-electron chi connectivity index (χ4n) is 3.40.